The van der Waals surface area contributed by atoms with E-state index >= 15 is 0 Å². The molecule has 1 rings (SSSR count). The molecule has 0 aliphatic carbocycles. The predicted octanol–water partition coefficient (Wildman–Crippen LogP) is 1.22. The molecule has 0 aromatic heterocycles. The standard InChI is InChI=1S/C4H7Ge/c1-2-5-3-4-5/h2H,1,3-4H2. The van der Waals surface area contributed by atoms with Crippen LogP contribution in [0, 0.1) is 0 Å². The average Bonchev–Trinajstić information content (AvgIpc) is 2.12. The average molecular weight is 128 g/mol. The van der Waals surface area contributed by atoms with Gasteiger partial charge in [0.1, 0.15) is 0 Å². The predicted molar refractivity (Wildman–Crippen MR) is 25.6 cm³/mol. The SMILES string of the molecule is C=[CH][Ge]1[CH2][CH2]1. The van der Waals surface area contributed by atoms with Gasteiger partial charge >= 0.3 is 36.3 Å². The van der Waals surface area contributed by atoms with Crippen molar-refractivity contribution in [3.05, 3.63) is 11.5 Å². The van der Waals surface area contributed by atoms with E-state index in [1.165, 1.54) is 0 Å². The minimum absolute atomic E-state index is 0.343. The molecule has 0 amide bonds. The Morgan fingerprint density at radius 1 is 1.60 bits per heavy atom. The summed E-state index contributed by atoms with van der Waals surface area (Å²) in [5, 5.41) is 3.12. The first-order valence-corrected chi connectivity index (χ1v) is 6.08. The van der Waals surface area contributed by atoms with Crippen LogP contribution in [0.1, 0.15) is 0 Å². The Labute approximate surface area is 37.0 Å². The molecule has 1 heterocycles. The van der Waals surface area contributed by atoms with Crippen LogP contribution in [0.2, 0.25) is 10.5 Å². The molecule has 1 fully saturated rings. The molecule has 0 saturated carbocycles. The number of hydrogen-bond donors (Lipinski definition) is 0. The summed E-state index contributed by atoms with van der Waals surface area (Å²) < 4.78 is 0. The van der Waals surface area contributed by atoms with Gasteiger partial charge in [-0.05, 0) is 0 Å². The van der Waals surface area contributed by atoms with Gasteiger partial charge in [0, 0.05) is 0 Å². The van der Waals surface area contributed by atoms with Crippen LogP contribution >= 0.6 is 0 Å². The van der Waals surface area contributed by atoms with E-state index < -0.39 is 0 Å². The number of rotatable bonds is 1. The topological polar surface area (TPSA) is 0 Å². The second kappa shape index (κ2) is 1.17. The van der Waals surface area contributed by atoms with E-state index in [4.69, 9.17) is 0 Å². The van der Waals surface area contributed by atoms with Crippen molar-refractivity contribution in [2.75, 3.05) is 0 Å². The van der Waals surface area contributed by atoms with Crippen molar-refractivity contribution >= 4 is 14.3 Å². The van der Waals surface area contributed by atoms with E-state index in [1.54, 1.807) is 10.5 Å². The van der Waals surface area contributed by atoms with E-state index in [9.17, 15) is 0 Å². The zero-order valence-corrected chi connectivity index (χ0v) is 5.30. The Morgan fingerprint density at radius 2 is 2.20 bits per heavy atom. The van der Waals surface area contributed by atoms with Crippen molar-refractivity contribution in [1.82, 2.24) is 0 Å². The van der Waals surface area contributed by atoms with Crippen LogP contribution in [0.3, 0.4) is 0 Å². The Bertz CT molecular complexity index is 45.6. The van der Waals surface area contributed by atoms with E-state index in [-0.39, 0.29) is 14.3 Å². The zero-order valence-electron chi connectivity index (χ0n) is 3.20. The fourth-order valence-corrected chi connectivity index (χ4v) is 3.01. The first kappa shape index (κ1) is 3.47. The summed E-state index contributed by atoms with van der Waals surface area (Å²) in [6, 6.07) is 0. The van der Waals surface area contributed by atoms with E-state index in [0.717, 1.165) is 0 Å². The van der Waals surface area contributed by atoms with Gasteiger partial charge in [-0.3, -0.25) is 0 Å². The van der Waals surface area contributed by atoms with Crippen LogP contribution in [-0.2, 0) is 0 Å². The molecule has 1 heteroatoms. The van der Waals surface area contributed by atoms with Gasteiger partial charge in [0.2, 0.25) is 0 Å². The third kappa shape index (κ3) is 0.800. The molecule has 0 bridgehead atoms. The van der Waals surface area contributed by atoms with Crippen LogP contribution in [0.4, 0.5) is 0 Å². The third-order valence-corrected chi connectivity index (χ3v) is 4.30. The van der Waals surface area contributed by atoms with Gasteiger partial charge in [0.15, 0.2) is 0 Å². The van der Waals surface area contributed by atoms with Gasteiger partial charge in [0.25, 0.3) is 0 Å². The summed E-state index contributed by atoms with van der Waals surface area (Å²) in [5.74, 6) is 0. The molecular formula is C4H7Ge. The first-order valence-electron chi connectivity index (χ1n) is 1.90. The van der Waals surface area contributed by atoms with Crippen molar-refractivity contribution in [3.63, 3.8) is 0 Å². The fourth-order valence-electron chi connectivity index (χ4n) is 0.276. The Kier molecular flexibility index (Phi) is 0.812. The molecule has 1 aliphatic heterocycles. The maximum absolute atomic E-state index is 3.70. The molecule has 0 aromatic rings. The van der Waals surface area contributed by atoms with Gasteiger partial charge in [-0.1, -0.05) is 0 Å². The monoisotopic (exact) mass is 129 g/mol. The van der Waals surface area contributed by atoms with Crippen LogP contribution in [0.5, 0.6) is 0 Å². The van der Waals surface area contributed by atoms with Gasteiger partial charge < -0.3 is 0 Å². The van der Waals surface area contributed by atoms with Crippen molar-refractivity contribution in [3.8, 4) is 0 Å². The molecule has 1 saturated heterocycles. The second-order valence-corrected chi connectivity index (χ2v) is 7.08. The van der Waals surface area contributed by atoms with Crippen LogP contribution < -0.4 is 0 Å². The Balaban J connectivity index is 2.21. The summed E-state index contributed by atoms with van der Waals surface area (Å²) in [6.45, 7) is 3.70. The molecule has 5 heavy (non-hydrogen) atoms. The molecule has 0 N–H and O–H groups in total. The molecule has 1 radical (unpaired) electrons. The van der Waals surface area contributed by atoms with Crippen LogP contribution in [0.25, 0.3) is 0 Å². The second-order valence-electron chi connectivity index (χ2n) is 1.36. The minimum atomic E-state index is -0.343. The van der Waals surface area contributed by atoms with E-state index in [0.29, 0.717) is 0 Å². The first-order chi connectivity index (χ1) is 2.43. The summed E-state index contributed by atoms with van der Waals surface area (Å²) in [7, 11) is 0. The van der Waals surface area contributed by atoms with E-state index in [2.05, 4.69) is 11.5 Å². The van der Waals surface area contributed by atoms with Gasteiger partial charge in [-0.25, -0.2) is 0 Å². The summed E-state index contributed by atoms with van der Waals surface area (Å²) in [4.78, 5) is 2.19. The maximum atomic E-state index is 3.70. The molecule has 0 atom stereocenters. The molecule has 27 valence electrons. The van der Waals surface area contributed by atoms with Crippen molar-refractivity contribution < 1.29 is 0 Å². The van der Waals surface area contributed by atoms with Crippen molar-refractivity contribution in [1.29, 1.82) is 0 Å². The Morgan fingerprint density at radius 3 is 2.20 bits per heavy atom. The van der Waals surface area contributed by atoms with Crippen molar-refractivity contribution in [2.45, 2.75) is 10.5 Å². The van der Waals surface area contributed by atoms with Crippen LogP contribution in [-0.4, -0.2) is 14.3 Å². The van der Waals surface area contributed by atoms with Crippen molar-refractivity contribution in [2.24, 2.45) is 0 Å². The van der Waals surface area contributed by atoms with Crippen LogP contribution in [0.15, 0.2) is 11.5 Å². The molecule has 0 unspecified atom stereocenters. The normalized spacial score (nSPS) is 22.4. The molecule has 1 aliphatic rings. The van der Waals surface area contributed by atoms with E-state index in [1.807, 2.05) is 0 Å². The Hall–Kier alpha value is 0.283. The van der Waals surface area contributed by atoms with Gasteiger partial charge in [0.05, 0.1) is 0 Å². The molecule has 0 spiro atoms. The summed E-state index contributed by atoms with van der Waals surface area (Å²) >= 11 is -0.343. The third-order valence-electron chi connectivity index (χ3n) is 0.827. The van der Waals surface area contributed by atoms with Gasteiger partial charge in [-0.2, -0.15) is 0 Å². The molecular weight excluding hydrogens is 121 g/mol. The summed E-state index contributed by atoms with van der Waals surface area (Å²) in [6.07, 6.45) is 0. The summed E-state index contributed by atoms with van der Waals surface area (Å²) in [5.41, 5.74) is 0. The molecule has 0 aromatic carbocycles. The fraction of sp³-hybridized carbons (Fsp3) is 0.500. The number of hydrogen-bond acceptors (Lipinski definition) is 0. The van der Waals surface area contributed by atoms with Gasteiger partial charge in [-0.15, -0.1) is 0 Å². The molecule has 0 nitrogen and oxygen atoms in total. The zero-order chi connectivity index (χ0) is 3.70. The quantitative estimate of drug-likeness (QED) is 0.465.